The molecule has 2 aromatic rings. The fourth-order valence-electron chi connectivity index (χ4n) is 1.15. The SMILES string of the molecule is Cc1csc(C(=O)Nc2cc(C)on2)c1. The first-order valence-corrected chi connectivity index (χ1v) is 5.33. The van der Waals surface area contributed by atoms with E-state index in [1.807, 2.05) is 18.4 Å². The highest BCUT2D eigenvalue weighted by Crippen LogP contribution is 2.16. The molecule has 0 bridgehead atoms. The third kappa shape index (κ3) is 2.24. The van der Waals surface area contributed by atoms with Gasteiger partial charge >= 0.3 is 0 Å². The van der Waals surface area contributed by atoms with Crippen LogP contribution in [0.3, 0.4) is 0 Å². The predicted molar refractivity (Wildman–Crippen MR) is 58.2 cm³/mol. The van der Waals surface area contributed by atoms with Gasteiger partial charge in [0, 0.05) is 6.07 Å². The highest BCUT2D eigenvalue weighted by atomic mass is 32.1. The van der Waals surface area contributed by atoms with E-state index in [0.29, 0.717) is 16.5 Å². The van der Waals surface area contributed by atoms with E-state index in [9.17, 15) is 4.79 Å². The molecule has 4 nitrogen and oxygen atoms in total. The van der Waals surface area contributed by atoms with E-state index in [2.05, 4.69) is 10.5 Å². The third-order valence-electron chi connectivity index (χ3n) is 1.82. The summed E-state index contributed by atoms with van der Waals surface area (Å²) in [7, 11) is 0. The molecule has 0 saturated carbocycles. The van der Waals surface area contributed by atoms with E-state index >= 15 is 0 Å². The van der Waals surface area contributed by atoms with Crippen LogP contribution in [0.1, 0.15) is 21.0 Å². The van der Waals surface area contributed by atoms with Crippen molar-refractivity contribution in [1.29, 1.82) is 0 Å². The van der Waals surface area contributed by atoms with Crippen molar-refractivity contribution in [3.05, 3.63) is 33.7 Å². The molecule has 0 atom stereocenters. The molecule has 0 unspecified atom stereocenters. The summed E-state index contributed by atoms with van der Waals surface area (Å²) in [5, 5.41) is 8.28. The Balaban J connectivity index is 2.10. The first-order valence-electron chi connectivity index (χ1n) is 4.45. The van der Waals surface area contributed by atoms with Crippen molar-refractivity contribution in [2.75, 3.05) is 5.32 Å². The molecule has 0 radical (unpaired) electrons. The first kappa shape index (κ1) is 9.92. The summed E-state index contributed by atoms with van der Waals surface area (Å²) in [6.07, 6.45) is 0. The van der Waals surface area contributed by atoms with Crippen LogP contribution in [0.25, 0.3) is 0 Å². The minimum absolute atomic E-state index is 0.151. The summed E-state index contributed by atoms with van der Waals surface area (Å²) in [4.78, 5) is 12.3. The summed E-state index contributed by atoms with van der Waals surface area (Å²) in [5.41, 5.74) is 1.08. The maximum absolute atomic E-state index is 11.7. The molecule has 2 rings (SSSR count). The van der Waals surface area contributed by atoms with Crippen molar-refractivity contribution in [2.45, 2.75) is 13.8 Å². The van der Waals surface area contributed by atoms with E-state index in [1.54, 1.807) is 13.0 Å². The van der Waals surface area contributed by atoms with Crippen LogP contribution in [0.15, 0.2) is 22.0 Å². The molecule has 5 heteroatoms. The fourth-order valence-corrected chi connectivity index (χ4v) is 1.95. The van der Waals surface area contributed by atoms with Crippen molar-refractivity contribution in [3.8, 4) is 0 Å². The molecular formula is C10H10N2O2S. The molecule has 15 heavy (non-hydrogen) atoms. The van der Waals surface area contributed by atoms with Crippen LogP contribution in [0.2, 0.25) is 0 Å². The molecule has 1 amide bonds. The molecule has 0 saturated heterocycles. The van der Waals surface area contributed by atoms with E-state index in [4.69, 9.17) is 4.52 Å². The van der Waals surface area contributed by atoms with Gasteiger partial charge in [0.15, 0.2) is 5.82 Å². The van der Waals surface area contributed by atoms with Crippen LogP contribution >= 0.6 is 11.3 Å². The van der Waals surface area contributed by atoms with Crippen LogP contribution in [0, 0.1) is 13.8 Å². The second kappa shape index (κ2) is 3.86. The predicted octanol–water partition coefficient (Wildman–Crippen LogP) is 2.61. The normalized spacial score (nSPS) is 10.3. The minimum atomic E-state index is -0.151. The number of carbonyl (C=O) groups excluding carboxylic acids is 1. The highest BCUT2D eigenvalue weighted by molar-refractivity contribution is 7.12. The summed E-state index contributed by atoms with van der Waals surface area (Å²) in [6.45, 7) is 3.73. The van der Waals surface area contributed by atoms with Gasteiger partial charge in [0.05, 0.1) is 4.88 Å². The third-order valence-corrected chi connectivity index (χ3v) is 2.87. The molecule has 0 aliphatic heterocycles. The van der Waals surface area contributed by atoms with Gasteiger partial charge in [0.25, 0.3) is 5.91 Å². The van der Waals surface area contributed by atoms with Gasteiger partial charge in [-0.25, -0.2) is 0 Å². The average molecular weight is 222 g/mol. The van der Waals surface area contributed by atoms with E-state index in [1.165, 1.54) is 11.3 Å². The fraction of sp³-hybridized carbons (Fsp3) is 0.200. The smallest absolute Gasteiger partial charge is 0.266 e. The Morgan fingerprint density at radius 2 is 2.27 bits per heavy atom. The van der Waals surface area contributed by atoms with Gasteiger partial charge in [-0.3, -0.25) is 4.79 Å². The number of aromatic nitrogens is 1. The number of anilines is 1. The number of rotatable bonds is 2. The monoisotopic (exact) mass is 222 g/mol. The largest absolute Gasteiger partial charge is 0.360 e. The zero-order valence-corrected chi connectivity index (χ0v) is 9.22. The summed E-state index contributed by atoms with van der Waals surface area (Å²) in [6, 6.07) is 3.52. The first-order chi connectivity index (χ1) is 7.15. The van der Waals surface area contributed by atoms with Gasteiger partial charge in [-0.1, -0.05) is 5.16 Å². The number of nitrogens with one attached hydrogen (secondary N) is 1. The van der Waals surface area contributed by atoms with Crippen molar-refractivity contribution in [1.82, 2.24) is 5.16 Å². The summed E-state index contributed by atoms with van der Waals surface area (Å²) >= 11 is 1.41. The minimum Gasteiger partial charge on any atom is -0.360 e. The molecule has 0 fully saturated rings. The maximum Gasteiger partial charge on any atom is 0.266 e. The lowest BCUT2D eigenvalue weighted by atomic mass is 10.3. The van der Waals surface area contributed by atoms with Crippen molar-refractivity contribution >= 4 is 23.1 Å². The highest BCUT2D eigenvalue weighted by Gasteiger charge is 2.10. The number of carbonyl (C=O) groups is 1. The van der Waals surface area contributed by atoms with Crippen molar-refractivity contribution in [2.24, 2.45) is 0 Å². The van der Waals surface area contributed by atoms with Gasteiger partial charge in [0.1, 0.15) is 5.76 Å². The van der Waals surface area contributed by atoms with Crippen LogP contribution in [0.4, 0.5) is 5.82 Å². The number of nitrogens with zero attached hydrogens (tertiary/aromatic N) is 1. The second-order valence-corrected chi connectivity index (χ2v) is 4.18. The van der Waals surface area contributed by atoms with Crippen LogP contribution in [-0.4, -0.2) is 11.1 Å². The summed E-state index contributed by atoms with van der Waals surface area (Å²) < 4.78 is 4.85. The average Bonchev–Trinajstić information content (AvgIpc) is 2.75. The lowest BCUT2D eigenvalue weighted by molar-refractivity contribution is 0.102. The maximum atomic E-state index is 11.7. The quantitative estimate of drug-likeness (QED) is 0.849. The lowest BCUT2D eigenvalue weighted by Gasteiger charge is -1.96. The van der Waals surface area contributed by atoms with Gasteiger partial charge in [-0.05, 0) is 30.9 Å². The van der Waals surface area contributed by atoms with E-state index < -0.39 is 0 Å². The van der Waals surface area contributed by atoms with Gasteiger partial charge in [-0.2, -0.15) is 0 Å². The van der Waals surface area contributed by atoms with Crippen LogP contribution in [0.5, 0.6) is 0 Å². The molecule has 0 aromatic carbocycles. The number of hydrogen-bond acceptors (Lipinski definition) is 4. The molecule has 0 aliphatic rings. The van der Waals surface area contributed by atoms with Crippen LogP contribution in [-0.2, 0) is 0 Å². The molecular weight excluding hydrogens is 212 g/mol. The molecule has 0 aliphatic carbocycles. The van der Waals surface area contributed by atoms with Crippen LogP contribution < -0.4 is 5.32 Å². The zero-order valence-electron chi connectivity index (χ0n) is 8.40. The Morgan fingerprint density at radius 3 is 2.80 bits per heavy atom. The Morgan fingerprint density at radius 1 is 1.47 bits per heavy atom. The molecule has 78 valence electrons. The van der Waals surface area contributed by atoms with E-state index in [0.717, 1.165) is 5.56 Å². The Hall–Kier alpha value is -1.62. The second-order valence-electron chi connectivity index (χ2n) is 3.27. The number of aryl methyl sites for hydroxylation is 2. The zero-order chi connectivity index (χ0) is 10.8. The number of hydrogen-bond donors (Lipinski definition) is 1. The lowest BCUT2D eigenvalue weighted by Crippen LogP contribution is -2.10. The van der Waals surface area contributed by atoms with Gasteiger partial charge < -0.3 is 9.84 Å². The van der Waals surface area contributed by atoms with Crippen molar-refractivity contribution in [3.63, 3.8) is 0 Å². The van der Waals surface area contributed by atoms with Gasteiger partial charge in [-0.15, -0.1) is 11.3 Å². The standard InChI is InChI=1S/C10H10N2O2S/c1-6-3-8(15-5-6)10(13)11-9-4-7(2)14-12-9/h3-5H,1-2H3,(H,11,12,13). The molecule has 2 heterocycles. The van der Waals surface area contributed by atoms with Crippen molar-refractivity contribution < 1.29 is 9.32 Å². The van der Waals surface area contributed by atoms with E-state index in [-0.39, 0.29) is 5.91 Å². The van der Waals surface area contributed by atoms with Gasteiger partial charge in [0.2, 0.25) is 0 Å². The Labute approximate surface area is 90.9 Å². The molecule has 1 N–H and O–H groups in total. The molecule has 2 aromatic heterocycles. The number of thiophene rings is 1. The summed E-state index contributed by atoms with van der Waals surface area (Å²) in [5.74, 6) is 0.970. The molecule has 0 spiro atoms. The Bertz CT molecular complexity index is 487. The number of amides is 1. The topological polar surface area (TPSA) is 55.1 Å². The Kier molecular flexibility index (Phi) is 2.55.